The molecule has 6 heteroatoms. The highest BCUT2D eigenvalue weighted by molar-refractivity contribution is 6.00. The van der Waals surface area contributed by atoms with E-state index >= 15 is 0 Å². The lowest BCUT2D eigenvalue weighted by atomic mass is 10.2. The molecule has 0 aliphatic carbocycles. The van der Waals surface area contributed by atoms with Gasteiger partial charge in [-0.1, -0.05) is 0 Å². The Hall–Kier alpha value is -2.11. The highest BCUT2D eigenvalue weighted by atomic mass is 16.5. The van der Waals surface area contributed by atoms with Crippen LogP contribution < -0.4 is 10.6 Å². The van der Waals surface area contributed by atoms with Gasteiger partial charge in [-0.25, -0.2) is 9.78 Å². The van der Waals surface area contributed by atoms with Gasteiger partial charge in [0.05, 0.1) is 24.4 Å². The minimum atomic E-state index is -0.420. The maximum atomic E-state index is 11.4. The lowest BCUT2D eigenvalue weighted by Gasteiger charge is -2.17. The number of hydrogen-bond donors (Lipinski definition) is 2. The monoisotopic (exact) mass is 221 g/mol. The maximum absolute atomic E-state index is 11.4. The SMILES string of the molecule is CCOC(=O)c1cnc2c(c1)NCC(=O)N2. The summed E-state index contributed by atoms with van der Waals surface area (Å²) in [5, 5.41) is 5.46. The van der Waals surface area contributed by atoms with Crippen LogP contribution in [-0.2, 0) is 9.53 Å². The van der Waals surface area contributed by atoms with E-state index in [1.807, 2.05) is 0 Å². The second kappa shape index (κ2) is 4.18. The number of carbonyl (C=O) groups excluding carboxylic acids is 2. The fourth-order valence-electron chi connectivity index (χ4n) is 1.38. The molecule has 0 saturated carbocycles. The quantitative estimate of drug-likeness (QED) is 0.716. The van der Waals surface area contributed by atoms with Gasteiger partial charge in [0.2, 0.25) is 5.91 Å². The fourth-order valence-corrected chi connectivity index (χ4v) is 1.38. The highest BCUT2D eigenvalue weighted by Gasteiger charge is 2.17. The van der Waals surface area contributed by atoms with Crippen molar-refractivity contribution in [2.24, 2.45) is 0 Å². The predicted octanol–water partition coefficient (Wildman–Crippen LogP) is 0.622. The van der Waals surface area contributed by atoms with Crippen LogP contribution in [0.5, 0.6) is 0 Å². The average Bonchev–Trinajstić information content (AvgIpc) is 2.28. The molecule has 84 valence electrons. The molecular formula is C10H11N3O3. The molecular weight excluding hydrogens is 210 g/mol. The summed E-state index contributed by atoms with van der Waals surface area (Å²) in [6.07, 6.45) is 1.38. The van der Waals surface area contributed by atoms with Crippen molar-refractivity contribution in [1.82, 2.24) is 4.98 Å². The first-order valence-corrected chi connectivity index (χ1v) is 4.91. The van der Waals surface area contributed by atoms with Crippen molar-refractivity contribution in [3.8, 4) is 0 Å². The van der Waals surface area contributed by atoms with E-state index < -0.39 is 5.97 Å². The number of amides is 1. The summed E-state index contributed by atoms with van der Waals surface area (Å²) in [5.41, 5.74) is 0.995. The van der Waals surface area contributed by atoms with Crippen LogP contribution in [0.2, 0.25) is 0 Å². The van der Waals surface area contributed by atoms with Crippen molar-refractivity contribution in [2.75, 3.05) is 23.8 Å². The third-order valence-corrected chi connectivity index (χ3v) is 2.10. The van der Waals surface area contributed by atoms with Crippen molar-refractivity contribution in [3.63, 3.8) is 0 Å². The zero-order chi connectivity index (χ0) is 11.5. The number of anilines is 2. The summed E-state index contributed by atoms with van der Waals surface area (Å²) in [4.78, 5) is 26.4. The minimum absolute atomic E-state index is 0.149. The standard InChI is InChI=1S/C10H11N3O3/c1-2-16-10(15)6-3-7-9(12-4-6)13-8(14)5-11-7/h3-4,11H,2,5H2,1H3,(H,12,13,14). The zero-order valence-electron chi connectivity index (χ0n) is 8.74. The van der Waals surface area contributed by atoms with Crippen molar-refractivity contribution >= 4 is 23.4 Å². The van der Waals surface area contributed by atoms with E-state index in [4.69, 9.17) is 4.74 Å². The van der Waals surface area contributed by atoms with E-state index in [1.54, 1.807) is 13.0 Å². The molecule has 0 radical (unpaired) electrons. The van der Waals surface area contributed by atoms with Gasteiger partial charge in [0.25, 0.3) is 0 Å². The molecule has 0 spiro atoms. The number of fused-ring (bicyclic) bond motifs is 1. The lowest BCUT2D eigenvalue weighted by molar-refractivity contribution is -0.114. The van der Waals surface area contributed by atoms with E-state index in [1.165, 1.54) is 6.20 Å². The van der Waals surface area contributed by atoms with Gasteiger partial charge in [0.15, 0.2) is 5.82 Å². The number of nitrogens with one attached hydrogen (secondary N) is 2. The van der Waals surface area contributed by atoms with Crippen LogP contribution in [0.1, 0.15) is 17.3 Å². The number of aromatic nitrogens is 1. The van der Waals surface area contributed by atoms with Crippen LogP contribution in [0.25, 0.3) is 0 Å². The van der Waals surface area contributed by atoms with Gasteiger partial charge in [-0.15, -0.1) is 0 Å². The number of hydrogen-bond acceptors (Lipinski definition) is 5. The Balaban J connectivity index is 2.26. The predicted molar refractivity (Wildman–Crippen MR) is 57.3 cm³/mol. The molecule has 0 saturated heterocycles. The second-order valence-electron chi connectivity index (χ2n) is 3.24. The summed E-state index contributed by atoms with van der Waals surface area (Å²) in [6.45, 7) is 2.24. The van der Waals surface area contributed by atoms with Crippen LogP contribution in [0.15, 0.2) is 12.3 Å². The average molecular weight is 221 g/mol. The molecule has 0 unspecified atom stereocenters. The minimum Gasteiger partial charge on any atom is -0.462 e. The molecule has 2 N–H and O–H groups in total. The van der Waals surface area contributed by atoms with Crippen molar-refractivity contribution in [2.45, 2.75) is 6.92 Å². The topological polar surface area (TPSA) is 80.3 Å². The summed E-state index contributed by atoms with van der Waals surface area (Å²) >= 11 is 0. The van der Waals surface area contributed by atoms with Crippen molar-refractivity contribution in [1.29, 1.82) is 0 Å². The molecule has 0 aromatic carbocycles. The normalized spacial score (nSPS) is 13.4. The van der Waals surface area contributed by atoms with Crippen LogP contribution >= 0.6 is 0 Å². The third-order valence-electron chi connectivity index (χ3n) is 2.10. The lowest BCUT2D eigenvalue weighted by Crippen LogP contribution is -2.28. The first-order chi connectivity index (χ1) is 7.70. The van der Waals surface area contributed by atoms with Crippen LogP contribution in [-0.4, -0.2) is 30.0 Å². The van der Waals surface area contributed by atoms with Gasteiger partial charge in [0.1, 0.15) is 0 Å². The van der Waals surface area contributed by atoms with E-state index in [0.29, 0.717) is 23.7 Å². The molecule has 0 bridgehead atoms. The summed E-state index contributed by atoms with van der Waals surface area (Å²) in [7, 11) is 0. The number of esters is 1. The van der Waals surface area contributed by atoms with E-state index in [2.05, 4.69) is 15.6 Å². The molecule has 0 fully saturated rings. The molecule has 1 aromatic heterocycles. The summed E-state index contributed by atoms with van der Waals surface area (Å²) in [5.74, 6) is -0.135. The number of ether oxygens (including phenoxy) is 1. The largest absolute Gasteiger partial charge is 0.462 e. The Labute approximate surface area is 92.0 Å². The fraction of sp³-hybridized carbons (Fsp3) is 0.300. The maximum Gasteiger partial charge on any atom is 0.339 e. The van der Waals surface area contributed by atoms with Crippen LogP contribution in [0.4, 0.5) is 11.5 Å². The molecule has 2 heterocycles. The van der Waals surface area contributed by atoms with Gasteiger partial charge in [-0.2, -0.15) is 0 Å². The first kappa shape index (κ1) is 10.4. The highest BCUT2D eigenvalue weighted by Crippen LogP contribution is 2.23. The van der Waals surface area contributed by atoms with Gasteiger partial charge in [-0.3, -0.25) is 4.79 Å². The Morgan fingerprint density at radius 3 is 3.19 bits per heavy atom. The summed E-state index contributed by atoms with van der Waals surface area (Å²) < 4.78 is 4.85. The molecule has 16 heavy (non-hydrogen) atoms. The van der Waals surface area contributed by atoms with Gasteiger partial charge in [0, 0.05) is 6.20 Å². The first-order valence-electron chi connectivity index (χ1n) is 4.91. The van der Waals surface area contributed by atoms with E-state index in [0.717, 1.165) is 0 Å². The molecule has 0 atom stereocenters. The molecule has 1 amide bonds. The Morgan fingerprint density at radius 1 is 1.62 bits per heavy atom. The van der Waals surface area contributed by atoms with E-state index in [9.17, 15) is 9.59 Å². The van der Waals surface area contributed by atoms with Crippen molar-refractivity contribution < 1.29 is 14.3 Å². The number of pyridine rings is 1. The third kappa shape index (κ3) is 1.95. The number of nitrogens with zero attached hydrogens (tertiary/aromatic N) is 1. The van der Waals surface area contributed by atoms with Crippen LogP contribution in [0, 0.1) is 0 Å². The smallest absolute Gasteiger partial charge is 0.339 e. The second-order valence-corrected chi connectivity index (χ2v) is 3.24. The number of carbonyl (C=O) groups is 2. The van der Waals surface area contributed by atoms with Gasteiger partial charge in [-0.05, 0) is 13.0 Å². The molecule has 2 rings (SSSR count). The molecule has 1 aliphatic heterocycles. The zero-order valence-corrected chi connectivity index (χ0v) is 8.74. The van der Waals surface area contributed by atoms with Crippen LogP contribution in [0.3, 0.4) is 0 Å². The van der Waals surface area contributed by atoms with Gasteiger partial charge < -0.3 is 15.4 Å². The Kier molecular flexibility index (Phi) is 2.72. The van der Waals surface area contributed by atoms with Crippen molar-refractivity contribution in [3.05, 3.63) is 17.8 Å². The Bertz CT molecular complexity index is 445. The van der Waals surface area contributed by atoms with Gasteiger partial charge >= 0.3 is 5.97 Å². The number of rotatable bonds is 2. The van der Waals surface area contributed by atoms with E-state index in [-0.39, 0.29) is 12.5 Å². The Morgan fingerprint density at radius 2 is 2.44 bits per heavy atom. The molecule has 1 aromatic rings. The molecule has 1 aliphatic rings. The molecule has 6 nitrogen and oxygen atoms in total. The summed E-state index contributed by atoms with van der Waals surface area (Å²) in [6, 6.07) is 1.61.